The topological polar surface area (TPSA) is 52.9 Å². The Labute approximate surface area is 86.2 Å². The van der Waals surface area contributed by atoms with E-state index in [1.165, 1.54) is 5.01 Å². The molecule has 0 aromatic heterocycles. The van der Waals surface area contributed by atoms with Crippen molar-refractivity contribution in [3.05, 3.63) is 4.91 Å². The molecule has 0 aliphatic heterocycles. The van der Waals surface area contributed by atoms with Crippen LogP contribution in [0.15, 0.2) is 5.29 Å². The maximum absolute atomic E-state index is 10.4. The van der Waals surface area contributed by atoms with Crippen molar-refractivity contribution in [3.8, 4) is 0 Å². The van der Waals surface area contributed by atoms with E-state index < -0.39 is 0 Å². The third-order valence-electron chi connectivity index (χ3n) is 2.33. The van der Waals surface area contributed by atoms with E-state index in [-0.39, 0.29) is 6.10 Å². The Morgan fingerprint density at radius 2 is 2.00 bits per heavy atom. The van der Waals surface area contributed by atoms with Crippen LogP contribution in [-0.2, 0) is 0 Å². The molecular weight excluding hydrogens is 180 g/mol. The predicted molar refractivity (Wildman–Crippen MR) is 57.8 cm³/mol. The van der Waals surface area contributed by atoms with E-state index >= 15 is 0 Å². The summed E-state index contributed by atoms with van der Waals surface area (Å²) in [4.78, 5) is 10.4. The van der Waals surface area contributed by atoms with Crippen LogP contribution >= 0.6 is 0 Å². The SMILES string of the molecule is CCCCCN(CCC(O)CC)N=O. The Hall–Kier alpha value is -0.640. The lowest BCUT2D eigenvalue weighted by Gasteiger charge is -2.16. The van der Waals surface area contributed by atoms with Crippen molar-refractivity contribution in [2.75, 3.05) is 13.1 Å². The zero-order chi connectivity index (χ0) is 10.8. The van der Waals surface area contributed by atoms with Crippen molar-refractivity contribution < 1.29 is 5.11 Å². The molecule has 0 aromatic rings. The normalized spacial score (nSPS) is 12.5. The first-order chi connectivity index (χ1) is 6.74. The van der Waals surface area contributed by atoms with Gasteiger partial charge in [0.1, 0.15) is 0 Å². The molecule has 4 heteroatoms. The molecule has 0 rings (SSSR count). The average Bonchev–Trinajstić information content (AvgIpc) is 2.22. The molecule has 0 aliphatic rings. The Kier molecular flexibility index (Phi) is 8.53. The summed E-state index contributed by atoms with van der Waals surface area (Å²) in [5.41, 5.74) is 0. The quantitative estimate of drug-likeness (QED) is 0.354. The second-order valence-corrected chi connectivity index (χ2v) is 3.59. The van der Waals surface area contributed by atoms with Gasteiger partial charge >= 0.3 is 0 Å². The van der Waals surface area contributed by atoms with Crippen molar-refractivity contribution in [2.24, 2.45) is 5.29 Å². The summed E-state index contributed by atoms with van der Waals surface area (Å²) in [6.07, 6.45) is 4.35. The van der Waals surface area contributed by atoms with Crippen molar-refractivity contribution >= 4 is 0 Å². The molecule has 14 heavy (non-hydrogen) atoms. The van der Waals surface area contributed by atoms with E-state index in [0.29, 0.717) is 19.5 Å². The molecule has 0 saturated carbocycles. The minimum atomic E-state index is -0.301. The Balaban J connectivity index is 3.52. The van der Waals surface area contributed by atoms with E-state index in [9.17, 15) is 10.0 Å². The van der Waals surface area contributed by atoms with Crippen molar-refractivity contribution in [1.29, 1.82) is 0 Å². The van der Waals surface area contributed by atoms with E-state index in [1.807, 2.05) is 6.92 Å². The zero-order valence-electron chi connectivity index (χ0n) is 9.28. The molecule has 4 nitrogen and oxygen atoms in total. The van der Waals surface area contributed by atoms with Crippen LogP contribution in [0.3, 0.4) is 0 Å². The largest absolute Gasteiger partial charge is 0.393 e. The monoisotopic (exact) mass is 202 g/mol. The van der Waals surface area contributed by atoms with Crippen LogP contribution in [0.1, 0.15) is 46.0 Å². The van der Waals surface area contributed by atoms with Gasteiger partial charge in [-0.2, -0.15) is 0 Å². The molecule has 0 amide bonds. The molecule has 0 saturated heterocycles. The first-order valence-electron chi connectivity index (χ1n) is 5.50. The predicted octanol–water partition coefficient (Wildman–Crippen LogP) is 2.32. The molecule has 0 aromatic carbocycles. The van der Waals surface area contributed by atoms with Crippen LogP contribution in [0.25, 0.3) is 0 Å². The second-order valence-electron chi connectivity index (χ2n) is 3.59. The second kappa shape index (κ2) is 8.94. The molecule has 0 heterocycles. The van der Waals surface area contributed by atoms with Gasteiger partial charge in [-0.1, -0.05) is 26.7 Å². The van der Waals surface area contributed by atoms with Crippen LogP contribution in [0.4, 0.5) is 0 Å². The van der Waals surface area contributed by atoms with Gasteiger partial charge in [-0.3, -0.25) is 5.01 Å². The highest BCUT2D eigenvalue weighted by atomic mass is 16.3. The molecule has 0 bridgehead atoms. The lowest BCUT2D eigenvalue weighted by atomic mass is 10.2. The molecule has 0 spiro atoms. The fourth-order valence-corrected chi connectivity index (χ4v) is 1.24. The smallest absolute Gasteiger partial charge is 0.0555 e. The fraction of sp³-hybridized carbons (Fsp3) is 1.00. The van der Waals surface area contributed by atoms with E-state index in [4.69, 9.17) is 0 Å². The minimum Gasteiger partial charge on any atom is -0.393 e. The molecule has 0 fully saturated rings. The Morgan fingerprint density at radius 3 is 2.50 bits per heavy atom. The number of hydrogen-bond acceptors (Lipinski definition) is 3. The summed E-state index contributed by atoms with van der Waals surface area (Å²) in [5, 5.41) is 13.8. The number of nitroso groups, excluding NO2 is 1. The highest BCUT2D eigenvalue weighted by molar-refractivity contribution is 4.58. The van der Waals surface area contributed by atoms with E-state index in [1.54, 1.807) is 0 Å². The van der Waals surface area contributed by atoms with Crippen molar-refractivity contribution in [3.63, 3.8) is 0 Å². The van der Waals surface area contributed by atoms with Crippen LogP contribution in [0.2, 0.25) is 0 Å². The molecule has 84 valence electrons. The third-order valence-corrected chi connectivity index (χ3v) is 2.33. The number of nitrogens with zero attached hydrogens (tertiary/aromatic N) is 2. The van der Waals surface area contributed by atoms with Crippen LogP contribution in [-0.4, -0.2) is 29.3 Å². The van der Waals surface area contributed by atoms with Crippen molar-refractivity contribution in [1.82, 2.24) is 5.01 Å². The Bertz CT molecular complexity index is 142. The Morgan fingerprint density at radius 1 is 1.29 bits per heavy atom. The van der Waals surface area contributed by atoms with Gasteiger partial charge in [0.15, 0.2) is 0 Å². The number of aliphatic hydroxyl groups is 1. The summed E-state index contributed by atoms with van der Waals surface area (Å²) in [6, 6.07) is 0. The van der Waals surface area contributed by atoms with Gasteiger partial charge in [0, 0.05) is 13.1 Å². The zero-order valence-corrected chi connectivity index (χ0v) is 9.28. The van der Waals surface area contributed by atoms with Crippen LogP contribution < -0.4 is 0 Å². The molecule has 1 atom stereocenters. The highest BCUT2D eigenvalue weighted by Gasteiger charge is 2.06. The molecule has 0 radical (unpaired) electrons. The number of rotatable bonds is 9. The fourth-order valence-electron chi connectivity index (χ4n) is 1.24. The summed E-state index contributed by atoms with van der Waals surface area (Å²) in [7, 11) is 0. The standard InChI is InChI=1S/C10H22N2O2/c1-3-5-6-8-12(11-14)9-7-10(13)4-2/h10,13H,3-9H2,1-2H3. The molecule has 0 aliphatic carbocycles. The minimum absolute atomic E-state index is 0.301. The van der Waals surface area contributed by atoms with E-state index in [2.05, 4.69) is 12.2 Å². The van der Waals surface area contributed by atoms with Crippen LogP contribution in [0, 0.1) is 4.91 Å². The molecule has 1 unspecified atom stereocenters. The van der Waals surface area contributed by atoms with Crippen molar-refractivity contribution in [2.45, 2.75) is 52.1 Å². The van der Waals surface area contributed by atoms with Gasteiger partial charge < -0.3 is 5.11 Å². The van der Waals surface area contributed by atoms with Gasteiger partial charge in [-0.15, -0.1) is 4.91 Å². The first-order valence-corrected chi connectivity index (χ1v) is 5.50. The lowest BCUT2D eigenvalue weighted by molar-refractivity contribution is 0.136. The molecule has 1 N–H and O–H groups in total. The van der Waals surface area contributed by atoms with E-state index in [0.717, 1.165) is 25.7 Å². The summed E-state index contributed by atoms with van der Waals surface area (Å²) < 4.78 is 0. The summed E-state index contributed by atoms with van der Waals surface area (Å²) in [6.45, 7) is 5.34. The van der Waals surface area contributed by atoms with Gasteiger partial charge in [0.05, 0.1) is 11.4 Å². The van der Waals surface area contributed by atoms with Crippen LogP contribution in [0.5, 0.6) is 0 Å². The van der Waals surface area contributed by atoms with Gasteiger partial charge in [0.2, 0.25) is 0 Å². The molecular formula is C10H22N2O2. The van der Waals surface area contributed by atoms with Gasteiger partial charge in [-0.05, 0) is 19.3 Å². The maximum Gasteiger partial charge on any atom is 0.0555 e. The van der Waals surface area contributed by atoms with Gasteiger partial charge in [0.25, 0.3) is 0 Å². The highest BCUT2D eigenvalue weighted by Crippen LogP contribution is 2.03. The number of hydrogen-bond donors (Lipinski definition) is 1. The average molecular weight is 202 g/mol. The summed E-state index contributed by atoms with van der Waals surface area (Å²) >= 11 is 0. The first kappa shape index (κ1) is 13.4. The maximum atomic E-state index is 10.4. The number of aliphatic hydroxyl groups excluding tert-OH is 1. The number of unbranched alkanes of at least 4 members (excludes halogenated alkanes) is 2. The third kappa shape index (κ3) is 6.83. The van der Waals surface area contributed by atoms with Gasteiger partial charge in [-0.25, -0.2) is 0 Å². The lowest BCUT2D eigenvalue weighted by Crippen LogP contribution is -2.23. The summed E-state index contributed by atoms with van der Waals surface area (Å²) in [5.74, 6) is 0.